The summed E-state index contributed by atoms with van der Waals surface area (Å²) in [7, 11) is 1.26. The molecule has 0 bridgehead atoms. The minimum absolute atomic E-state index is 0.0499. The monoisotopic (exact) mass is 470 g/mol. The summed E-state index contributed by atoms with van der Waals surface area (Å²) < 4.78 is 16.1. The van der Waals surface area contributed by atoms with Gasteiger partial charge in [0.2, 0.25) is 5.91 Å². The number of benzene rings is 2. The highest BCUT2D eigenvalue weighted by Gasteiger charge is 2.34. The summed E-state index contributed by atoms with van der Waals surface area (Å²) in [6, 6.07) is 16.4. The quantitative estimate of drug-likeness (QED) is 0.516. The number of carbonyl (C=O) groups is 3. The lowest BCUT2D eigenvalue weighted by atomic mass is 10.0. The van der Waals surface area contributed by atoms with Gasteiger partial charge in [-0.15, -0.1) is 0 Å². The molecule has 1 unspecified atom stereocenters. The third-order valence-electron chi connectivity index (χ3n) is 4.86. The molecule has 2 aromatic carbocycles. The lowest BCUT2D eigenvalue weighted by Crippen LogP contribution is -2.57. The Morgan fingerprint density at radius 3 is 1.97 bits per heavy atom. The van der Waals surface area contributed by atoms with Gasteiger partial charge in [-0.3, -0.25) is 4.79 Å². The number of methoxy groups -OCH3 is 1. The molecule has 0 fully saturated rings. The van der Waals surface area contributed by atoms with Gasteiger partial charge >= 0.3 is 12.1 Å². The van der Waals surface area contributed by atoms with E-state index in [2.05, 4.69) is 10.6 Å². The Bertz CT molecular complexity index is 927. The maximum absolute atomic E-state index is 13.2. The fourth-order valence-electron chi connectivity index (χ4n) is 3.36. The predicted octanol–water partition coefficient (Wildman–Crippen LogP) is 3.39. The maximum Gasteiger partial charge on any atom is 0.408 e. The van der Waals surface area contributed by atoms with E-state index in [4.69, 9.17) is 14.2 Å². The third kappa shape index (κ3) is 9.23. The highest BCUT2D eigenvalue weighted by atomic mass is 16.6. The van der Waals surface area contributed by atoms with Gasteiger partial charge < -0.3 is 24.8 Å². The summed E-state index contributed by atoms with van der Waals surface area (Å²) in [6.07, 6.45) is -1.25. The van der Waals surface area contributed by atoms with E-state index in [1.807, 2.05) is 81.4 Å². The number of alkyl carbamates (subject to hydrolysis) is 1. The normalized spacial score (nSPS) is 13.8. The number of amides is 2. The van der Waals surface area contributed by atoms with Gasteiger partial charge in [-0.1, -0.05) is 60.7 Å². The van der Waals surface area contributed by atoms with Crippen molar-refractivity contribution in [1.82, 2.24) is 10.6 Å². The minimum Gasteiger partial charge on any atom is -0.467 e. The summed E-state index contributed by atoms with van der Waals surface area (Å²) in [4.78, 5) is 38.1. The van der Waals surface area contributed by atoms with Crippen LogP contribution in [-0.2, 0) is 36.8 Å². The number of nitrogens with one attached hydrogen (secondary N) is 2. The van der Waals surface area contributed by atoms with Gasteiger partial charge in [-0.2, -0.15) is 0 Å². The largest absolute Gasteiger partial charge is 0.467 e. The Kier molecular flexibility index (Phi) is 10.1. The second kappa shape index (κ2) is 12.7. The molecular formula is C26H34N2O6. The Hall–Kier alpha value is -3.39. The zero-order chi connectivity index (χ0) is 25.1. The molecule has 0 aliphatic heterocycles. The van der Waals surface area contributed by atoms with Crippen LogP contribution in [0, 0.1) is 0 Å². The lowest BCUT2D eigenvalue weighted by molar-refractivity contribution is -0.146. The van der Waals surface area contributed by atoms with Crippen LogP contribution in [0.5, 0.6) is 0 Å². The van der Waals surface area contributed by atoms with Crippen LogP contribution in [-0.4, -0.2) is 48.9 Å². The van der Waals surface area contributed by atoms with Crippen molar-refractivity contribution in [3.8, 4) is 0 Å². The van der Waals surface area contributed by atoms with Gasteiger partial charge in [0.15, 0.2) is 0 Å². The number of rotatable bonds is 10. The molecule has 0 saturated carbocycles. The Morgan fingerprint density at radius 2 is 1.44 bits per heavy atom. The van der Waals surface area contributed by atoms with Crippen molar-refractivity contribution in [2.24, 2.45) is 0 Å². The molecule has 0 saturated heterocycles. The topological polar surface area (TPSA) is 103 Å². The summed E-state index contributed by atoms with van der Waals surface area (Å²) in [5.74, 6) is -1.17. The second-order valence-corrected chi connectivity index (χ2v) is 8.89. The Balaban J connectivity index is 2.13. The van der Waals surface area contributed by atoms with Crippen molar-refractivity contribution in [2.75, 3.05) is 7.11 Å². The third-order valence-corrected chi connectivity index (χ3v) is 4.86. The van der Waals surface area contributed by atoms with Gasteiger partial charge in [0, 0.05) is 6.42 Å². The van der Waals surface area contributed by atoms with E-state index in [0.717, 1.165) is 11.1 Å². The molecule has 0 aromatic heterocycles. The Labute approximate surface area is 201 Å². The van der Waals surface area contributed by atoms with Crippen LogP contribution in [0.3, 0.4) is 0 Å². The van der Waals surface area contributed by atoms with Crippen LogP contribution in [0.25, 0.3) is 0 Å². The molecule has 8 heteroatoms. The summed E-state index contributed by atoms with van der Waals surface area (Å²) in [5, 5.41) is 5.28. The molecule has 184 valence electrons. The molecule has 0 spiro atoms. The molecule has 0 heterocycles. The smallest absolute Gasteiger partial charge is 0.408 e. The van der Waals surface area contributed by atoms with E-state index < -0.39 is 41.8 Å². The first-order chi connectivity index (χ1) is 16.1. The summed E-state index contributed by atoms with van der Waals surface area (Å²) in [5.41, 5.74) is 1.09. The molecular weight excluding hydrogens is 436 g/mol. The lowest BCUT2D eigenvalue weighted by Gasteiger charge is -2.31. The highest BCUT2D eigenvalue weighted by Crippen LogP contribution is 2.14. The van der Waals surface area contributed by atoms with Gasteiger partial charge in [-0.25, -0.2) is 9.59 Å². The van der Waals surface area contributed by atoms with E-state index in [9.17, 15) is 14.4 Å². The molecule has 2 N–H and O–H groups in total. The van der Waals surface area contributed by atoms with Crippen molar-refractivity contribution in [1.29, 1.82) is 0 Å². The molecule has 34 heavy (non-hydrogen) atoms. The van der Waals surface area contributed by atoms with Crippen molar-refractivity contribution in [2.45, 2.75) is 64.5 Å². The zero-order valence-electron chi connectivity index (χ0n) is 20.4. The molecule has 0 aliphatic rings. The molecule has 0 aliphatic carbocycles. The summed E-state index contributed by atoms with van der Waals surface area (Å²) in [6.45, 7) is 7.27. The van der Waals surface area contributed by atoms with E-state index in [1.54, 1.807) is 6.92 Å². The highest BCUT2D eigenvalue weighted by molar-refractivity contribution is 5.90. The zero-order valence-corrected chi connectivity index (χ0v) is 20.4. The standard InChI is InChI=1S/C26H34N2O6/c1-18(34-26(2,3)4)22(28-25(31)33-17-20-14-10-7-11-15-20)23(29)27-21(24(30)32-5)16-19-12-8-6-9-13-19/h6-15,18,21-22H,16-17H2,1-5H3,(H,27,29)(H,28,31)/t18?,21-,22-/m0/s1. The molecule has 2 rings (SSSR count). The van der Waals surface area contributed by atoms with E-state index in [-0.39, 0.29) is 13.0 Å². The van der Waals surface area contributed by atoms with Crippen LogP contribution < -0.4 is 10.6 Å². The SMILES string of the molecule is COC(=O)[C@H](Cc1ccccc1)NC(=O)[C@@H](NC(=O)OCc1ccccc1)C(C)OC(C)(C)C. The molecule has 3 atom stereocenters. The fraction of sp³-hybridized carbons (Fsp3) is 0.423. The van der Waals surface area contributed by atoms with Crippen molar-refractivity contribution < 1.29 is 28.6 Å². The predicted molar refractivity (Wildman–Crippen MR) is 128 cm³/mol. The van der Waals surface area contributed by atoms with Gasteiger partial charge in [0.25, 0.3) is 0 Å². The van der Waals surface area contributed by atoms with Gasteiger partial charge in [0.1, 0.15) is 18.7 Å². The van der Waals surface area contributed by atoms with E-state index in [1.165, 1.54) is 7.11 Å². The van der Waals surface area contributed by atoms with Crippen LogP contribution >= 0.6 is 0 Å². The fourth-order valence-corrected chi connectivity index (χ4v) is 3.36. The van der Waals surface area contributed by atoms with Gasteiger partial charge in [0.05, 0.1) is 18.8 Å². The Morgan fingerprint density at radius 1 is 0.882 bits per heavy atom. The first-order valence-corrected chi connectivity index (χ1v) is 11.2. The van der Waals surface area contributed by atoms with Crippen molar-refractivity contribution in [3.05, 3.63) is 71.8 Å². The average Bonchev–Trinajstić information content (AvgIpc) is 2.80. The second-order valence-electron chi connectivity index (χ2n) is 8.89. The first-order valence-electron chi connectivity index (χ1n) is 11.2. The number of hydrogen-bond acceptors (Lipinski definition) is 6. The average molecular weight is 471 g/mol. The minimum atomic E-state index is -1.11. The number of esters is 1. The van der Waals surface area contributed by atoms with Gasteiger partial charge in [-0.05, 0) is 38.8 Å². The van der Waals surface area contributed by atoms with E-state index >= 15 is 0 Å². The number of carbonyl (C=O) groups excluding carboxylic acids is 3. The van der Waals surface area contributed by atoms with Crippen LogP contribution in [0.1, 0.15) is 38.8 Å². The molecule has 2 amide bonds. The van der Waals surface area contributed by atoms with Crippen LogP contribution in [0.4, 0.5) is 4.79 Å². The van der Waals surface area contributed by atoms with Crippen molar-refractivity contribution in [3.63, 3.8) is 0 Å². The van der Waals surface area contributed by atoms with Crippen LogP contribution in [0.2, 0.25) is 0 Å². The number of ether oxygens (including phenoxy) is 3. The van der Waals surface area contributed by atoms with Crippen LogP contribution in [0.15, 0.2) is 60.7 Å². The molecule has 0 radical (unpaired) electrons. The molecule has 2 aromatic rings. The summed E-state index contributed by atoms with van der Waals surface area (Å²) >= 11 is 0. The first kappa shape index (κ1) is 26.9. The van der Waals surface area contributed by atoms with E-state index in [0.29, 0.717) is 0 Å². The van der Waals surface area contributed by atoms with Crippen molar-refractivity contribution >= 4 is 18.0 Å². The maximum atomic E-state index is 13.2. The molecule has 8 nitrogen and oxygen atoms in total. The number of hydrogen-bond donors (Lipinski definition) is 2.